The van der Waals surface area contributed by atoms with Crippen LogP contribution in [0.2, 0.25) is 0 Å². The first-order valence-corrected chi connectivity index (χ1v) is 6.77. The van der Waals surface area contributed by atoms with E-state index in [1.807, 2.05) is 0 Å². The zero-order valence-corrected chi connectivity index (χ0v) is 11.2. The maximum Gasteiger partial charge on any atom is 0.244 e. The molecule has 0 heterocycles. The Hall–Kier alpha value is -1.05. The highest BCUT2D eigenvalue weighted by atomic mass is 32.2. The molecule has 0 aliphatic heterocycles. The Kier molecular flexibility index (Phi) is 4.09. The molecule has 4 nitrogen and oxygen atoms in total. The Morgan fingerprint density at radius 2 is 1.83 bits per heavy atom. The van der Waals surface area contributed by atoms with Crippen LogP contribution in [0, 0.1) is 11.6 Å². The number of hydrogen-bond donors (Lipinski definition) is 2. The molecule has 0 spiro atoms. The zero-order valence-electron chi connectivity index (χ0n) is 10.4. The van der Waals surface area contributed by atoms with Crippen LogP contribution in [-0.4, -0.2) is 14.0 Å². The van der Waals surface area contributed by atoms with Crippen molar-refractivity contribution in [1.82, 2.24) is 4.72 Å². The second kappa shape index (κ2) is 4.91. The predicted octanol–water partition coefficient (Wildman–Crippen LogP) is 1.50. The van der Waals surface area contributed by atoms with E-state index in [0.29, 0.717) is 0 Å². The van der Waals surface area contributed by atoms with Gasteiger partial charge in [-0.05, 0) is 38.5 Å². The van der Waals surface area contributed by atoms with Crippen molar-refractivity contribution in [3.63, 3.8) is 0 Å². The predicted molar refractivity (Wildman–Crippen MR) is 64.3 cm³/mol. The van der Waals surface area contributed by atoms with Gasteiger partial charge >= 0.3 is 0 Å². The molecule has 1 aromatic rings. The molecular formula is C11H16F2N2O2S. The van der Waals surface area contributed by atoms with Crippen LogP contribution >= 0.6 is 0 Å². The molecule has 1 rings (SSSR count). The van der Waals surface area contributed by atoms with Gasteiger partial charge in [0.25, 0.3) is 0 Å². The Balaban J connectivity index is 3.36. The highest BCUT2D eigenvalue weighted by Gasteiger charge is 2.27. The molecule has 0 radical (unpaired) electrons. The average Bonchev–Trinajstić information content (AvgIpc) is 2.17. The second-order valence-electron chi connectivity index (χ2n) is 4.95. The highest BCUT2D eigenvalue weighted by molar-refractivity contribution is 7.89. The highest BCUT2D eigenvalue weighted by Crippen LogP contribution is 2.21. The average molecular weight is 278 g/mol. The number of nitrogens with two attached hydrogens (primary N) is 1. The minimum Gasteiger partial charge on any atom is -0.326 e. The number of hydrogen-bond acceptors (Lipinski definition) is 3. The van der Waals surface area contributed by atoms with E-state index < -0.39 is 32.1 Å². The summed E-state index contributed by atoms with van der Waals surface area (Å²) in [4.78, 5) is -0.724. The largest absolute Gasteiger partial charge is 0.326 e. The SMILES string of the molecule is CC(C)(C)NS(=O)(=O)c1cc(CN)cc(F)c1F. The molecule has 102 valence electrons. The maximum atomic E-state index is 13.6. The standard InChI is InChI=1S/C11H16F2N2O2S/c1-11(2,3)15-18(16,17)9-5-7(6-14)4-8(12)10(9)13/h4-5,15H,6,14H2,1-3H3. The number of sulfonamides is 1. The molecular weight excluding hydrogens is 262 g/mol. The van der Waals surface area contributed by atoms with Gasteiger partial charge in [-0.2, -0.15) is 0 Å². The number of benzene rings is 1. The lowest BCUT2D eigenvalue weighted by Crippen LogP contribution is -2.40. The third kappa shape index (κ3) is 3.47. The van der Waals surface area contributed by atoms with Crippen molar-refractivity contribution >= 4 is 10.0 Å². The summed E-state index contributed by atoms with van der Waals surface area (Å²) in [6.07, 6.45) is 0. The van der Waals surface area contributed by atoms with E-state index in [0.717, 1.165) is 12.1 Å². The van der Waals surface area contributed by atoms with E-state index >= 15 is 0 Å². The third-order valence-electron chi connectivity index (χ3n) is 2.02. The lowest BCUT2D eigenvalue weighted by atomic mass is 10.1. The summed E-state index contributed by atoms with van der Waals surface area (Å²) in [6, 6.07) is 1.91. The van der Waals surface area contributed by atoms with Crippen LogP contribution in [0.3, 0.4) is 0 Å². The van der Waals surface area contributed by atoms with Gasteiger partial charge in [-0.3, -0.25) is 0 Å². The molecule has 0 saturated heterocycles. The monoisotopic (exact) mass is 278 g/mol. The first-order chi connectivity index (χ1) is 8.07. The zero-order chi connectivity index (χ0) is 14.1. The minimum absolute atomic E-state index is 0.0742. The van der Waals surface area contributed by atoms with Gasteiger partial charge < -0.3 is 5.73 Å². The van der Waals surface area contributed by atoms with Gasteiger partial charge in [-0.1, -0.05) is 0 Å². The van der Waals surface area contributed by atoms with E-state index in [1.54, 1.807) is 20.8 Å². The molecule has 0 amide bonds. The number of rotatable bonds is 3. The van der Waals surface area contributed by atoms with Crippen LogP contribution in [0.5, 0.6) is 0 Å². The third-order valence-corrected chi connectivity index (χ3v) is 3.78. The van der Waals surface area contributed by atoms with Crippen molar-refractivity contribution < 1.29 is 17.2 Å². The first-order valence-electron chi connectivity index (χ1n) is 5.29. The lowest BCUT2D eigenvalue weighted by molar-refractivity contribution is 0.466. The van der Waals surface area contributed by atoms with Gasteiger partial charge in [0, 0.05) is 12.1 Å². The fourth-order valence-corrected chi connectivity index (χ4v) is 2.94. The molecule has 1 aromatic carbocycles. The first kappa shape index (κ1) is 15.0. The summed E-state index contributed by atoms with van der Waals surface area (Å²) in [5.74, 6) is -2.63. The van der Waals surface area contributed by atoms with E-state index in [-0.39, 0.29) is 12.1 Å². The van der Waals surface area contributed by atoms with Crippen LogP contribution in [0.25, 0.3) is 0 Å². The van der Waals surface area contributed by atoms with Crippen LogP contribution in [0.1, 0.15) is 26.3 Å². The van der Waals surface area contributed by atoms with E-state index in [4.69, 9.17) is 5.73 Å². The van der Waals surface area contributed by atoms with Crippen LogP contribution in [-0.2, 0) is 16.6 Å². The van der Waals surface area contributed by atoms with Crippen LogP contribution in [0.15, 0.2) is 17.0 Å². The molecule has 3 N–H and O–H groups in total. The molecule has 0 aliphatic rings. The second-order valence-corrected chi connectivity index (χ2v) is 6.60. The topological polar surface area (TPSA) is 72.2 Å². The van der Waals surface area contributed by atoms with Crippen molar-refractivity contribution in [1.29, 1.82) is 0 Å². The van der Waals surface area contributed by atoms with Gasteiger partial charge in [0.2, 0.25) is 10.0 Å². The summed E-state index contributed by atoms with van der Waals surface area (Å²) in [6.45, 7) is 4.73. The van der Waals surface area contributed by atoms with Crippen molar-refractivity contribution in [2.24, 2.45) is 5.73 Å². The van der Waals surface area contributed by atoms with Gasteiger partial charge in [-0.25, -0.2) is 21.9 Å². The number of nitrogens with one attached hydrogen (secondary N) is 1. The van der Waals surface area contributed by atoms with Crippen molar-refractivity contribution in [2.75, 3.05) is 0 Å². The molecule has 0 aromatic heterocycles. The maximum absolute atomic E-state index is 13.6. The van der Waals surface area contributed by atoms with Gasteiger partial charge in [0.05, 0.1) is 0 Å². The van der Waals surface area contributed by atoms with Gasteiger partial charge in [0.15, 0.2) is 11.6 Å². The Morgan fingerprint density at radius 3 is 2.28 bits per heavy atom. The molecule has 0 unspecified atom stereocenters. The summed E-state index contributed by atoms with van der Waals surface area (Å²) in [5, 5.41) is 0. The van der Waals surface area contributed by atoms with Crippen molar-refractivity contribution in [2.45, 2.75) is 37.8 Å². The van der Waals surface area contributed by atoms with E-state index in [9.17, 15) is 17.2 Å². The lowest BCUT2D eigenvalue weighted by Gasteiger charge is -2.20. The van der Waals surface area contributed by atoms with Crippen molar-refractivity contribution in [3.8, 4) is 0 Å². The molecule has 0 aliphatic carbocycles. The summed E-state index contributed by atoms with van der Waals surface area (Å²) < 4.78 is 52.9. The fourth-order valence-electron chi connectivity index (χ4n) is 1.39. The summed E-state index contributed by atoms with van der Waals surface area (Å²) >= 11 is 0. The Bertz CT molecular complexity index is 551. The molecule has 0 saturated carbocycles. The van der Waals surface area contributed by atoms with Crippen molar-refractivity contribution in [3.05, 3.63) is 29.3 Å². The normalized spacial score (nSPS) is 12.8. The fraction of sp³-hybridized carbons (Fsp3) is 0.455. The molecule has 0 bridgehead atoms. The Labute approximate surface area is 105 Å². The molecule has 18 heavy (non-hydrogen) atoms. The molecule has 0 atom stereocenters. The molecule has 0 fully saturated rings. The van der Waals surface area contributed by atoms with E-state index in [1.165, 1.54) is 0 Å². The van der Waals surface area contributed by atoms with Gasteiger partial charge in [-0.15, -0.1) is 0 Å². The number of halogens is 2. The van der Waals surface area contributed by atoms with E-state index in [2.05, 4.69) is 4.72 Å². The smallest absolute Gasteiger partial charge is 0.244 e. The van der Waals surface area contributed by atoms with Gasteiger partial charge in [0.1, 0.15) is 4.90 Å². The summed E-state index contributed by atoms with van der Waals surface area (Å²) in [5.41, 5.74) is 4.72. The summed E-state index contributed by atoms with van der Waals surface area (Å²) in [7, 11) is -4.12. The quantitative estimate of drug-likeness (QED) is 0.880. The molecule has 7 heteroatoms. The van der Waals surface area contributed by atoms with Crippen LogP contribution in [0.4, 0.5) is 8.78 Å². The Morgan fingerprint density at radius 1 is 1.28 bits per heavy atom. The minimum atomic E-state index is -4.12. The van der Waals surface area contributed by atoms with Crippen LogP contribution < -0.4 is 10.5 Å².